The van der Waals surface area contributed by atoms with Gasteiger partial charge in [-0.25, -0.2) is 0 Å². The van der Waals surface area contributed by atoms with Crippen molar-refractivity contribution in [3.63, 3.8) is 0 Å². The van der Waals surface area contributed by atoms with Crippen LogP contribution in [0.2, 0.25) is 0 Å². The van der Waals surface area contributed by atoms with Crippen molar-refractivity contribution < 1.29 is 0 Å². The van der Waals surface area contributed by atoms with Gasteiger partial charge in [-0.2, -0.15) is 0 Å². The highest BCUT2D eigenvalue weighted by Crippen LogP contribution is 2.65. The Labute approximate surface area is 627 Å². The molecule has 0 fully saturated rings. The molecule has 506 valence electrons. The van der Waals surface area contributed by atoms with Gasteiger partial charge in [0.2, 0.25) is 0 Å². The minimum atomic E-state index is -0.610. The van der Waals surface area contributed by atoms with E-state index in [1.165, 1.54) is 156 Å². The van der Waals surface area contributed by atoms with Gasteiger partial charge in [-0.1, -0.05) is 322 Å². The van der Waals surface area contributed by atoms with Crippen molar-refractivity contribution in [2.75, 3.05) is 9.80 Å². The maximum Gasteiger partial charge on any atom is 0.0726 e. The summed E-state index contributed by atoms with van der Waals surface area (Å²) in [6.45, 7) is 11.5. The van der Waals surface area contributed by atoms with Crippen molar-refractivity contribution in [3.05, 3.63) is 465 Å². The first-order chi connectivity index (χ1) is 52.5. The predicted molar refractivity (Wildman–Crippen MR) is 444 cm³/mol. The fourth-order valence-corrected chi connectivity index (χ4v) is 20.3. The fourth-order valence-electron chi connectivity index (χ4n) is 20.3. The smallest absolute Gasteiger partial charge is 0.0726 e. The van der Waals surface area contributed by atoms with Crippen LogP contribution in [0.4, 0.5) is 34.1 Å². The van der Waals surface area contributed by atoms with E-state index in [-0.39, 0.29) is 5.41 Å². The third-order valence-electron chi connectivity index (χ3n) is 24.9. The van der Waals surface area contributed by atoms with Gasteiger partial charge in [0, 0.05) is 39.5 Å². The third kappa shape index (κ3) is 8.82. The Kier molecular flexibility index (Phi) is 13.8. The molecular formula is C105H76N2. The molecule has 0 amide bonds. The average molecular weight is 1370 g/mol. The van der Waals surface area contributed by atoms with Crippen LogP contribution in [-0.2, 0) is 21.7 Å². The Balaban J connectivity index is 0.739. The lowest BCUT2D eigenvalue weighted by Crippen LogP contribution is -2.29. The van der Waals surface area contributed by atoms with E-state index in [0.29, 0.717) is 0 Å². The van der Waals surface area contributed by atoms with Crippen LogP contribution in [0.3, 0.4) is 0 Å². The molecule has 0 bridgehead atoms. The largest absolute Gasteiger partial charge is 0.310 e. The molecule has 16 aromatic rings. The van der Waals surface area contributed by atoms with E-state index in [2.05, 4.69) is 414 Å². The summed E-state index contributed by atoms with van der Waals surface area (Å²) in [5.41, 5.74) is 41.6. The van der Waals surface area contributed by atoms with E-state index in [4.69, 9.17) is 0 Å². The van der Waals surface area contributed by atoms with Gasteiger partial charge in [0.05, 0.1) is 16.2 Å². The first kappa shape index (κ1) is 62.7. The molecule has 2 nitrogen and oxygen atoms in total. The number of rotatable bonds is 11. The maximum atomic E-state index is 2.54. The highest BCUT2D eigenvalue weighted by molar-refractivity contribution is 5.98. The Morgan fingerprint density at radius 3 is 0.879 bits per heavy atom. The van der Waals surface area contributed by atoms with Gasteiger partial charge >= 0.3 is 0 Å². The quantitative estimate of drug-likeness (QED) is 0.127. The summed E-state index contributed by atoms with van der Waals surface area (Å²) < 4.78 is 0. The molecule has 0 unspecified atom stereocenters. The summed E-state index contributed by atoms with van der Waals surface area (Å²) in [4.78, 5) is 5.05. The van der Waals surface area contributed by atoms with E-state index in [1.807, 2.05) is 0 Å². The predicted octanol–water partition coefficient (Wildman–Crippen LogP) is 26.6. The number of anilines is 6. The molecule has 0 atom stereocenters. The fraction of sp³-hybridized carbons (Fsp3) is 0.0857. The van der Waals surface area contributed by atoms with E-state index >= 15 is 0 Å². The van der Waals surface area contributed by atoms with Crippen LogP contribution in [0.25, 0.3) is 66.8 Å². The molecular weight excluding hydrogens is 1290 g/mol. The number of hydrogen-bond donors (Lipinski definition) is 0. The molecule has 107 heavy (non-hydrogen) atoms. The molecule has 2 heteroatoms. The first-order valence-electron chi connectivity index (χ1n) is 37.8. The molecule has 21 rings (SSSR count). The molecule has 0 saturated heterocycles. The lowest BCUT2D eigenvalue weighted by atomic mass is 9.67. The molecule has 1 spiro atoms. The lowest BCUT2D eigenvalue weighted by Gasteiger charge is -2.36. The molecule has 0 aromatic heterocycles. The standard InChI is InChI=1S/C105H76N2/c1-67-42-53-86-89-57-50-79(64-99(89)103(97(86)60-67,71-26-10-6-11-27-71)72-28-12-7-13-29-72)107(80-51-58-90-87-54-43-68(2)61-98(87)104(100(90)65-80,73-30-14-8-15-31-73)74-32-16-9-17-33-74)76-48-55-81(69(3)62-76)70-44-46-75(47-45-70)106(77-52-59-93-91(63-77)85-37-18-22-38-92(85)102(93,4)5)78-49-56-88-84-36-21-25-41-96(84)105(101(88)66-78)94-39-23-19-34-82(94)83-35-20-24-40-95(83)105/h6-66H,1-5H3. The normalized spacial score (nSPS) is 14.5. The van der Waals surface area contributed by atoms with Gasteiger partial charge in [-0.05, 0) is 244 Å². The Bertz CT molecular complexity index is 5990. The highest BCUT2D eigenvalue weighted by Gasteiger charge is 2.53. The number of hydrogen-bond acceptors (Lipinski definition) is 2. The number of fused-ring (bicyclic) bond motifs is 19. The topological polar surface area (TPSA) is 6.48 Å². The van der Waals surface area contributed by atoms with Gasteiger partial charge in [0.15, 0.2) is 0 Å². The van der Waals surface area contributed by atoms with Crippen molar-refractivity contribution in [2.24, 2.45) is 0 Å². The summed E-state index contributed by atoms with van der Waals surface area (Å²) in [5, 5.41) is 0. The van der Waals surface area contributed by atoms with Gasteiger partial charge < -0.3 is 9.80 Å². The molecule has 0 aliphatic heterocycles. The van der Waals surface area contributed by atoms with Crippen LogP contribution in [0.15, 0.2) is 370 Å². The summed E-state index contributed by atoms with van der Waals surface area (Å²) in [5.74, 6) is 0. The van der Waals surface area contributed by atoms with Crippen LogP contribution >= 0.6 is 0 Å². The monoisotopic (exact) mass is 1360 g/mol. The summed E-state index contributed by atoms with van der Waals surface area (Å²) in [6.07, 6.45) is 0. The molecule has 0 heterocycles. The zero-order chi connectivity index (χ0) is 71.5. The highest BCUT2D eigenvalue weighted by atomic mass is 15.1. The number of aryl methyl sites for hydroxylation is 3. The summed E-state index contributed by atoms with van der Waals surface area (Å²) in [7, 11) is 0. The van der Waals surface area contributed by atoms with Crippen LogP contribution in [0, 0.1) is 20.8 Å². The minimum Gasteiger partial charge on any atom is -0.310 e. The van der Waals surface area contributed by atoms with E-state index in [0.717, 1.165) is 39.7 Å². The zero-order valence-corrected chi connectivity index (χ0v) is 60.6. The van der Waals surface area contributed by atoms with E-state index < -0.39 is 16.2 Å². The first-order valence-corrected chi connectivity index (χ1v) is 37.8. The van der Waals surface area contributed by atoms with E-state index in [1.54, 1.807) is 0 Å². The molecule has 0 radical (unpaired) electrons. The second-order valence-corrected chi connectivity index (χ2v) is 30.8. The molecule has 0 N–H and O–H groups in total. The molecule has 5 aliphatic carbocycles. The van der Waals surface area contributed by atoms with E-state index in [9.17, 15) is 0 Å². The summed E-state index contributed by atoms with van der Waals surface area (Å²) >= 11 is 0. The Morgan fingerprint density at radius 2 is 0.467 bits per heavy atom. The molecule has 16 aromatic carbocycles. The maximum absolute atomic E-state index is 2.54. The van der Waals surface area contributed by atoms with Crippen LogP contribution in [0.5, 0.6) is 0 Å². The van der Waals surface area contributed by atoms with Gasteiger partial charge in [-0.3, -0.25) is 0 Å². The SMILES string of the molecule is Cc1ccc2c(c1)C(c1ccccc1)(c1ccccc1)c1cc(N(c3ccc(-c4ccc(N(c5ccc6c(c5)-c5ccccc5C6(C)C)c5ccc6c(c5)C5(c7ccccc7-c7ccccc75)c5ccccc5-6)cc4)c(C)c3)c3ccc4c(c3)C(c3ccccc3)(c3ccccc3)c3cc(C)ccc3-4)ccc1-2. The van der Waals surface area contributed by atoms with Gasteiger partial charge in [0.25, 0.3) is 0 Å². The Morgan fingerprint density at radius 1 is 0.187 bits per heavy atom. The van der Waals surface area contributed by atoms with Crippen molar-refractivity contribution in [1.82, 2.24) is 0 Å². The average Bonchev–Trinajstić information content (AvgIpc) is 1.51. The zero-order valence-electron chi connectivity index (χ0n) is 60.6. The minimum absolute atomic E-state index is 0.135. The number of nitrogens with zero attached hydrogens (tertiary/aromatic N) is 2. The Hall–Kier alpha value is -12.9. The van der Waals surface area contributed by atoms with Crippen molar-refractivity contribution >= 4 is 34.1 Å². The third-order valence-corrected chi connectivity index (χ3v) is 24.9. The van der Waals surface area contributed by atoms with Gasteiger partial charge in [0.1, 0.15) is 0 Å². The van der Waals surface area contributed by atoms with Crippen LogP contribution in [0.1, 0.15) is 108 Å². The van der Waals surface area contributed by atoms with Crippen molar-refractivity contribution in [3.8, 4) is 66.8 Å². The van der Waals surface area contributed by atoms with Crippen LogP contribution in [-0.4, -0.2) is 0 Å². The summed E-state index contributed by atoms with van der Waals surface area (Å²) in [6, 6.07) is 141. The molecule has 0 saturated carbocycles. The van der Waals surface area contributed by atoms with Gasteiger partial charge in [-0.15, -0.1) is 0 Å². The van der Waals surface area contributed by atoms with Crippen LogP contribution < -0.4 is 9.80 Å². The second kappa shape index (κ2) is 23.6. The lowest BCUT2D eigenvalue weighted by molar-refractivity contribution is 0.660. The van der Waals surface area contributed by atoms with Crippen molar-refractivity contribution in [1.29, 1.82) is 0 Å². The van der Waals surface area contributed by atoms with Crippen molar-refractivity contribution in [2.45, 2.75) is 56.3 Å². The molecule has 5 aliphatic rings. The number of benzene rings is 16. The second-order valence-electron chi connectivity index (χ2n) is 30.8.